The molecule has 0 spiro atoms. The number of aromatic nitrogens is 4. The quantitative estimate of drug-likeness (QED) is 0.701. The van der Waals surface area contributed by atoms with Crippen LogP contribution in [0, 0.1) is 0 Å². The molecule has 2 heterocycles. The SMILES string of the molecule is COc1ccccc1CCCn1ccnc1-c1cnccn1. The normalized spacial score (nSPS) is 10.6. The molecule has 3 aromatic rings. The molecular weight excluding hydrogens is 276 g/mol. The summed E-state index contributed by atoms with van der Waals surface area (Å²) >= 11 is 0. The van der Waals surface area contributed by atoms with Gasteiger partial charge in [0.1, 0.15) is 11.4 Å². The van der Waals surface area contributed by atoms with Gasteiger partial charge in [0, 0.05) is 31.3 Å². The highest BCUT2D eigenvalue weighted by atomic mass is 16.5. The minimum absolute atomic E-state index is 0.796. The third-order valence-electron chi connectivity index (χ3n) is 3.55. The zero-order valence-corrected chi connectivity index (χ0v) is 12.5. The summed E-state index contributed by atoms with van der Waals surface area (Å²) in [5.74, 6) is 1.80. The maximum absolute atomic E-state index is 5.39. The lowest BCUT2D eigenvalue weighted by atomic mass is 10.1. The molecular formula is C17H18N4O. The van der Waals surface area contributed by atoms with E-state index in [1.54, 1.807) is 31.9 Å². The molecule has 0 unspecified atom stereocenters. The van der Waals surface area contributed by atoms with Crippen molar-refractivity contribution >= 4 is 0 Å². The lowest BCUT2D eigenvalue weighted by molar-refractivity contribution is 0.408. The van der Waals surface area contributed by atoms with E-state index < -0.39 is 0 Å². The van der Waals surface area contributed by atoms with Crippen LogP contribution in [0.5, 0.6) is 5.75 Å². The Morgan fingerprint density at radius 3 is 2.82 bits per heavy atom. The van der Waals surface area contributed by atoms with Gasteiger partial charge < -0.3 is 9.30 Å². The van der Waals surface area contributed by atoms with Gasteiger partial charge in [-0.25, -0.2) is 9.97 Å². The predicted octanol–water partition coefficient (Wildman–Crippen LogP) is 2.98. The molecule has 0 atom stereocenters. The molecule has 5 heteroatoms. The Bertz CT molecular complexity index is 724. The number of imidazole rings is 1. The molecule has 0 amide bonds. The Labute approximate surface area is 129 Å². The molecule has 3 rings (SSSR count). The maximum atomic E-state index is 5.39. The number of hydrogen-bond acceptors (Lipinski definition) is 4. The first-order valence-electron chi connectivity index (χ1n) is 7.28. The van der Waals surface area contributed by atoms with Crippen LogP contribution in [0.3, 0.4) is 0 Å². The van der Waals surface area contributed by atoms with Crippen LogP contribution in [0.2, 0.25) is 0 Å². The smallest absolute Gasteiger partial charge is 0.160 e. The Kier molecular flexibility index (Phi) is 4.44. The molecule has 5 nitrogen and oxygen atoms in total. The van der Waals surface area contributed by atoms with E-state index in [1.165, 1.54) is 5.56 Å². The summed E-state index contributed by atoms with van der Waals surface area (Å²) in [6, 6.07) is 8.14. The molecule has 2 aromatic heterocycles. The van der Waals surface area contributed by atoms with Gasteiger partial charge in [-0.15, -0.1) is 0 Å². The summed E-state index contributed by atoms with van der Waals surface area (Å²) in [6.45, 7) is 0.879. The highest BCUT2D eigenvalue weighted by Gasteiger charge is 2.07. The van der Waals surface area contributed by atoms with Crippen molar-refractivity contribution < 1.29 is 4.74 Å². The lowest BCUT2D eigenvalue weighted by Crippen LogP contribution is -2.03. The second-order valence-corrected chi connectivity index (χ2v) is 4.95. The number of ether oxygens (including phenoxy) is 1. The standard InChI is InChI=1S/C17H18N4O/c1-22-16-7-3-2-5-14(16)6-4-11-21-12-10-20-17(21)15-13-18-8-9-19-15/h2-3,5,7-10,12-13H,4,6,11H2,1H3. The van der Waals surface area contributed by atoms with Crippen molar-refractivity contribution in [2.75, 3.05) is 7.11 Å². The van der Waals surface area contributed by atoms with Crippen molar-refractivity contribution in [1.29, 1.82) is 0 Å². The minimum Gasteiger partial charge on any atom is -0.496 e. The van der Waals surface area contributed by atoms with E-state index in [1.807, 2.05) is 24.4 Å². The van der Waals surface area contributed by atoms with Gasteiger partial charge in [-0.3, -0.25) is 4.98 Å². The number of aryl methyl sites for hydroxylation is 2. The van der Waals surface area contributed by atoms with Crippen LogP contribution in [0.4, 0.5) is 0 Å². The monoisotopic (exact) mass is 294 g/mol. The predicted molar refractivity (Wildman–Crippen MR) is 84.6 cm³/mol. The van der Waals surface area contributed by atoms with Crippen LogP contribution in [0.15, 0.2) is 55.2 Å². The van der Waals surface area contributed by atoms with Gasteiger partial charge in [0.05, 0.1) is 13.3 Å². The largest absolute Gasteiger partial charge is 0.496 e. The number of para-hydroxylation sites is 1. The van der Waals surface area contributed by atoms with Gasteiger partial charge in [0.2, 0.25) is 0 Å². The molecule has 112 valence electrons. The van der Waals surface area contributed by atoms with E-state index in [0.717, 1.165) is 36.7 Å². The van der Waals surface area contributed by atoms with E-state index in [-0.39, 0.29) is 0 Å². The maximum Gasteiger partial charge on any atom is 0.160 e. The number of rotatable bonds is 6. The fourth-order valence-electron chi connectivity index (χ4n) is 2.49. The van der Waals surface area contributed by atoms with Gasteiger partial charge in [0.25, 0.3) is 0 Å². The molecule has 0 bridgehead atoms. The summed E-state index contributed by atoms with van der Waals surface area (Å²) in [5.41, 5.74) is 2.02. The number of methoxy groups -OCH3 is 1. The number of hydrogen-bond donors (Lipinski definition) is 0. The summed E-state index contributed by atoms with van der Waals surface area (Å²) in [7, 11) is 1.71. The first kappa shape index (κ1) is 14.3. The fourth-order valence-corrected chi connectivity index (χ4v) is 2.49. The molecule has 0 radical (unpaired) electrons. The summed E-state index contributed by atoms with van der Waals surface area (Å²) in [5, 5.41) is 0. The van der Waals surface area contributed by atoms with E-state index in [4.69, 9.17) is 4.74 Å². The summed E-state index contributed by atoms with van der Waals surface area (Å²) in [4.78, 5) is 12.8. The molecule has 1 aromatic carbocycles. The first-order valence-corrected chi connectivity index (χ1v) is 7.28. The van der Waals surface area contributed by atoms with E-state index in [2.05, 4.69) is 25.6 Å². The van der Waals surface area contributed by atoms with Gasteiger partial charge in [-0.1, -0.05) is 18.2 Å². The van der Waals surface area contributed by atoms with E-state index in [0.29, 0.717) is 0 Å². The van der Waals surface area contributed by atoms with Gasteiger partial charge >= 0.3 is 0 Å². The fraction of sp³-hybridized carbons (Fsp3) is 0.235. The zero-order chi connectivity index (χ0) is 15.2. The Balaban J connectivity index is 1.67. The molecule has 0 N–H and O–H groups in total. The third-order valence-corrected chi connectivity index (χ3v) is 3.55. The second-order valence-electron chi connectivity index (χ2n) is 4.95. The first-order chi connectivity index (χ1) is 10.9. The second kappa shape index (κ2) is 6.85. The van der Waals surface area contributed by atoms with Crippen molar-refractivity contribution in [1.82, 2.24) is 19.5 Å². The molecule has 0 aliphatic carbocycles. The molecule has 0 saturated carbocycles. The number of nitrogens with zero attached hydrogens (tertiary/aromatic N) is 4. The Morgan fingerprint density at radius 1 is 1.09 bits per heavy atom. The average molecular weight is 294 g/mol. The van der Waals surface area contributed by atoms with E-state index in [9.17, 15) is 0 Å². The molecule has 0 fully saturated rings. The van der Waals surface area contributed by atoms with Crippen molar-refractivity contribution in [3.05, 3.63) is 60.8 Å². The molecule has 0 aliphatic heterocycles. The number of benzene rings is 1. The third kappa shape index (κ3) is 3.14. The molecule has 22 heavy (non-hydrogen) atoms. The topological polar surface area (TPSA) is 52.8 Å². The van der Waals surface area contributed by atoms with Crippen LogP contribution in [-0.2, 0) is 13.0 Å². The van der Waals surface area contributed by atoms with Gasteiger partial charge in [-0.2, -0.15) is 0 Å². The van der Waals surface area contributed by atoms with Crippen LogP contribution in [-0.4, -0.2) is 26.6 Å². The highest BCUT2D eigenvalue weighted by molar-refractivity contribution is 5.47. The van der Waals surface area contributed by atoms with Crippen LogP contribution in [0.25, 0.3) is 11.5 Å². The van der Waals surface area contributed by atoms with Gasteiger partial charge in [-0.05, 0) is 24.5 Å². The van der Waals surface area contributed by atoms with Crippen LogP contribution >= 0.6 is 0 Å². The summed E-state index contributed by atoms with van der Waals surface area (Å²) < 4.78 is 7.50. The van der Waals surface area contributed by atoms with Crippen molar-refractivity contribution in [3.8, 4) is 17.3 Å². The van der Waals surface area contributed by atoms with Crippen LogP contribution in [0.1, 0.15) is 12.0 Å². The zero-order valence-electron chi connectivity index (χ0n) is 12.5. The lowest BCUT2D eigenvalue weighted by Gasteiger charge is -2.09. The van der Waals surface area contributed by atoms with Crippen LogP contribution < -0.4 is 4.74 Å². The van der Waals surface area contributed by atoms with Crippen molar-refractivity contribution in [3.63, 3.8) is 0 Å². The molecule has 0 aliphatic rings. The van der Waals surface area contributed by atoms with E-state index >= 15 is 0 Å². The average Bonchev–Trinajstić information content (AvgIpc) is 3.04. The summed E-state index contributed by atoms with van der Waals surface area (Å²) in [6.07, 6.45) is 10.8. The molecule has 0 saturated heterocycles. The van der Waals surface area contributed by atoms with Crippen molar-refractivity contribution in [2.24, 2.45) is 0 Å². The highest BCUT2D eigenvalue weighted by Crippen LogP contribution is 2.20. The minimum atomic E-state index is 0.796. The Hall–Kier alpha value is -2.69. The van der Waals surface area contributed by atoms with Gasteiger partial charge in [0.15, 0.2) is 5.82 Å². The Morgan fingerprint density at radius 2 is 2.00 bits per heavy atom. The van der Waals surface area contributed by atoms with Crippen molar-refractivity contribution in [2.45, 2.75) is 19.4 Å².